The lowest BCUT2D eigenvalue weighted by molar-refractivity contribution is -0.124. The normalized spacial score (nSPS) is 18.7. The summed E-state index contributed by atoms with van der Waals surface area (Å²) in [6.07, 6.45) is 0.774. The second kappa shape index (κ2) is 6.72. The summed E-state index contributed by atoms with van der Waals surface area (Å²) < 4.78 is 5.38. The summed E-state index contributed by atoms with van der Waals surface area (Å²) in [7, 11) is 0. The Morgan fingerprint density at radius 1 is 1.60 bits per heavy atom. The highest BCUT2D eigenvalue weighted by molar-refractivity contribution is 6.31. The number of halogens is 1. The summed E-state index contributed by atoms with van der Waals surface area (Å²) in [6, 6.07) is 4.59. The maximum atomic E-state index is 12.1. The highest BCUT2D eigenvalue weighted by atomic mass is 35.5. The Bertz CT molecular complexity index is 507. The number of likely N-dealkylation sites (N-methyl/N-ethyl adjacent to an activating group) is 1. The molecule has 1 heterocycles. The topological polar surface area (TPSA) is 58.6 Å². The zero-order chi connectivity index (χ0) is 14.5. The van der Waals surface area contributed by atoms with Crippen molar-refractivity contribution >= 4 is 29.5 Å². The first-order chi connectivity index (χ1) is 9.67. The molecule has 1 atom stereocenters. The predicted molar refractivity (Wildman–Crippen MR) is 77.5 cm³/mol. The van der Waals surface area contributed by atoms with E-state index < -0.39 is 6.04 Å². The molecular formula is C14H17ClN2O3. The summed E-state index contributed by atoms with van der Waals surface area (Å²) >= 11 is 6.01. The first kappa shape index (κ1) is 14.8. The molecule has 1 N–H and O–H groups in total. The molecule has 1 amide bonds. The molecule has 0 radical (unpaired) electrons. The third-order valence-electron chi connectivity index (χ3n) is 3.21. The van der Waals surface area contributed by atoms with Gasteiger partial charge in [-0.2, -0.15) is 0 Å². The van der Waals surface area contributed by atoms with E-state index in [4.69, 9.17) is 16.3 Å². The number of hydrogen-bond donors (Lipinski definition) is 1. The van der Waals surface area contributed by atoms with Crippen LogP contribution < -0.4 is 10.2 Å². The van der Waals surface area contributed by atoms with Crippen molar-refractivity contribution in [2.75, 3.05) is 31.2 Å². The van der Waals surface area contributed by atoms with Crippen LogP contribution in [0, 0.1) is 0 Å². The van der Waals surface area contributed by atoms with Crippen LogP contribution in [-0.4, -0.2) is 44.5 Å². The van der Waals surface area contributed by atoms with Gasteiger partial charge in [0.2, 0.25) is 5.91 Å². The molecule has 6 heteroatoms. The van der Waals surface area contributed by atoms with Crippen LogP contribution in [0.4, 0.5) is 5.69 Å². The van der Waals surface area contributed by atoms with Gasteiger partial charge >= 0.3 is 0 Å². The summed E-state index contributed by atoms with van der Waals surface area (Å²) in [4.78, 5) is 25.2. The number of nitrogens with one attached hydrogen (secondary N) is 1. The molecule has 1 aromatic carbocycles. The first-order valence-electron chi connectivity index (χ1n) is 6.54. The molecule has 0 aliphatic carbocycles. The van der Waals surface area contributed by atoms with Crippen LogP contribution in [-0.2, 0) is 9.53 Å². The van der Waals surface area contributed by atoms with Crippen LogP contribution in [0.3, 0.4) is 0 Å². The van der Waals surface area contributed by atoms with Crippen LogP contribution in [0.25, 0.3) is 0 Å². The first-order valence-corrected chi connectivity index (χ1v) is 6.92. The maximum absolute atomic E-state index is 12.1. The number of morpholine rings is 1. The van der Waals surface area contributed by atoms with Gasteiger partial charge in [0.25, 0.3) is 0 Å². The van der Waals surface area contributed by atoms with Gasteiger partial charge in [-0.05, 0) is 25.1 Å². The molecule has 0 bridgehead atoms. The minimum absolute atomic E-state index is 0.107. The van der Waals surface area contributed by atoms with Crippen LogP contribution in [0.5, 0.6) is 0 Å². The van der Waals surface area contributed by atoms with Crippen molar-refractivity contribution in [1.82, 2.24) is 5.32 Å². The van der Waals surface area contributed by atoms with Gasteiger partial charge in [-0.3, -0.25) is 9.59 Å². The van der Waals surface area contributed by atoms with Gasteiger partial charge in [0.15, 0.2) is 6.29 Å². The third kappa shape index (κ3) is 3.11. The molecule has 5 nitrogen and oxygen atoms in total. The van der Waals surface area contributed by atoms with Crippen molar-refractivity contribution in [2.24, 2.45) is 0 Å². The van der Waals surface area contributed by atoms with Crippen LogP contribution in [0.15, 0.2) is 18.2 Å². The lowest BCUT2D eigenvalue weighted by Crippen LogP contribution is -2.54. The molecule has 1 unspecified atom stereocenters. The van der Waals surface area contributed by atoms with Gasteiger partial charge < -0.3 is 15.0 Å². The lowest BCUT2D eigenvalue weighted by atomic mass is 10.1. The summed E-state index contributed by atoms with van der Waals surface area (Å²) in [5.74, 6) is -0.107. The highest BCUT2D eigenvalue weighted by Crippen LogP contribution is 2.27. The minimum atomic E-state index is -0.444. The molecule has 108 valence electrons. The Morgan fingerprint density at radius 3 is 3.10 bits per heavy atom. The van der Waals surface area contributed by atoms with Crippen molar-refractivity contribution in [3.63, 3.8) is 0 Å². The number of aldehydes is 1. The lowest BCUT2D eigenvalue weighted by Gasteiger charge is -2.37. The van der Waals surface area contributed by atoms with E-state index in [1.54, 1.807) is 18.2 Å². The van der Waals surface area contributed by atoms with E-state index in [1.165, 1.54) is 0 Å². The van der Waals surface area contributed by atoms with Gasteiger partial charge in [-0.15, -0.1) is 0 Å². The Kier molecular flexibility index (Phi) is 4.98. The standard InChI is InChI=1S/C14H17ClN2O3/c1-2-16-14(19)13-9-20-6-5-17(13)12-7-11(15)4-3-10(12)8-18/h3-4,7-8,13H,2,5-6,9H2,1H3,(H,16,19). The van der Waals surface area contributed by atoms with E-state index in [1.807, 2.05) is 11.8 Å². The molecule has 1 aliphatic heterocycles. The number of ether oxygens (including phenoxy) is 1. The van der Waals surface area contributed by atoms with E-state index in [0.29, 0.717) is 42.6 Å². The van der Waals surface area contributed by atoms with Crippen LogP contribution >= 0.6 is 11.6 Å². The maximum Gasteiger partial charge on any atom is 0.245 e. The SMILES string of the molecule is CCNC(=O)C1COCCN1c1cc(Cl)ccc1C=O. The van der Waals surface area contributed by atoms with Gasteiger partial charge in [0.05, 0.1) is 13.2 Å². The van der Waals surface area contributed by atoms with Crippen molar-refractivity contribution in [2.45, 2.75) is 13.0 Å². The van der Waals surface area contributed by atoms with Crippen molar-refractivity contribution in [3.8, 4) is 0 Å². The van der Waals surface area contributed by atoms with E-state index in [2.05, 4.69) is 5.32 Å². The number of nitrogens with zero attached hydrogens (tertiary/aromatic N) is 1. The van der Waals surface area contributed by atoms with Gasteiger partial charge in [-0.25, -0.2) is 0 Å². The van der Waals surface area contributed by atoms with Crippen molar-refractivity contribution in [3.05, 3.63) is 28.8 Å². The van der Waals surface area contributed by atoms with E-state index >= 15 is 0 Å². The summed E-state index contributed by atoms with van der Waals surface area (Å²) in [5.41, 5.74) is 1.19. The van der Waals surface area contributed by atoms with E-state index in [0.717, 1.165) is 6.29 Å². The number of hydrogen-bond acceptors (Lipinski definition) is 4. The molecule has 0 spiro atoms. The molecular weight excluding hydrogens is 280 g/mol. The molecule has 1 fully saturated rings. The Balaban J connectivity index is 2.34. The second-order valence-electron chi connectivity index (χ2n) is 4.50. The molecule has 1 saturated heterocycles. The summed E-state index contributed by atoms with van der Waals surface area (Å²) in [6.45, 7) is 3.78. The van der Waals surface area contributed by atoms with E-state index in [-0.39, 0.29) is 5.91 Å². The monoisotopic (exact) mass is 296 g/mol. The number of amides is 1. The number of benzene rings is 1. The Hall–Kier alpha value is -1.59. The fraction of sp³-hybridized carbons (Fsp3) is 0.429. The average molecular weight is 297 g/mol. The fourth-order valence-electron chi connectivity index (χ4n) is 2.27. The molecule has 20 heavy (non-hydrogen) atoms. The highest BCUT2D eigenvalue weighted by Gasteiger charge is 2.30. The van der Waals surface area contributed by atoms with Gasteiger partial charge in [0.1, 0.15) is 6.04 Å². The molecule has 1 aromatic rings. The Labute approximate surface area is 122 Å². The third-order valence-corrected chi connectivity index (χ3v) is 3.45. The quantitative estimate of drug-likeness (QED) is 0.855. The smallest absolute Gasteiger partial charge is 0.245 e. The summed E-state index contributed by atoms with van der Waals surface area (Å²) in [5, 5.41) is 3.32. The zero-order valence-corrected chi connectivity index (χ0v) is 12.0. The zero-order valence-electron chi connectivity index (χ0n) is 11.3. The number of carbonyl (C=O) groups is 2. The molecule has 0 aromatic heterocycles. The molecule has 2 rings (SSSR count). The second-order valence-corrected chi connectivity index (χ2v) is 4.94. The van der Waals surface area contributed by atoms with E-state index in [9.17, 15) is 9.59 Å². The molecule has 1 aliphatic rings. The van der Waals surface area contributed by atoms with Crippen molar-refractivity contribution < 1.29 is 14.3 Å². The largest absolute Gasteiger partial charge is 0.377 e. The minimum Gasteiger partial charge on any atom is -0.377 e. The van der Waals surface area contributed by atoms with Gasteiger partial charge in [0, 0.05) is 29.4 Å². The molecule has 0 saturated carbocycles. The van der Waals surface area contributed by atoms with Crippen LogP contribution in [0.2, 0.25) is 5.02 Å². The predicted octanol–water partition coefficient (Wildman–Crippen LogP) is 1.49. The number of rotatable bonds is 4. The van der Waals surface area contributed by atoms with Gasteiger partial charge in [-0.1, -0.05) is 11.6 Å². The van der Waals surface area contributed by atoms with Crippen molar-refractivity contribution in [1.29, 1.82) is 0 Å². The number of carbonyl (C=O) groups excluding carboxylic acids is 2. The average Bonchev–Trinajstić information content (AvgIpc) is 2.47. The van der Waals surface area contributed by atoms with Crippen LogP contribution in [0.1, 0.15) is 17.3 Å². The number of anilines is 1. The Morgan fingerprint density at radius 2 is 2.40 bits per heavy atom. The fourth-order valence-corrected chi connectivity index (χ4v) is 2.43.